The van der Waals surface area contributed by atoms with Gasteiger partial charge in [0.15, 0.2) is 0 Å². The second-order valence-electron chi connectivity index (χ2n) is 6.28. The minimum Gasteiger partial charge on any atom is -0.389 e. The predicted octanol–water partition coefficient (Wildman–Crippen LogP) is 4.55. The predicted molar refractivity (Wildman–Crippen MR) is 102 cm³/mol. The average Bonchev–Trinajstić information content (AvgIpc) is 2.92. The molecule has 0 aliphatic heterocycles. The SMILES string of the molecule is Cc1nn(C[C@H](O)Cn2c(C)c(C)c3cccc(Cl)c32)c(C)c1Br. The van der Waals surface area contributed by atoms with Crippen LogP contribution in [0, 0.1) is 27.7 Å². The lowest BCUT2D eigenvalue weighted by molar-refractivity contribution is 0.130. The molecule has 0 unspecified atom stereocenters. The summed E-state index contributed by atoms with van der Waals surface area (Å²) in [7, 11) is 0. The molecule has 0 saturated carbocycles. The molecule has 3 rings (SSSR count). The zero-order chi connectivity index (χ0) is 17.6. The highest BCUT2D eigenvalue weighted by molar-refractivity contribution is 9.10. The number of nitrogens with zero attached hydrogens (tertiary/aromatic N) is 3. The maximum Gasteiger partial charge on any atom is 0.0914 e. The molecule has 1 N–H and O–H groups in total. The van der Waals surface area contributed by atoms with Crippen molar-refractivity contribution in [3.8, 4) is 0 Å². The third kappa shape index (κ3) is 2.89. The summed E-state index contributed by atoms with van der Waals surface area (Å²) in [4.78, 5) is 0. The maximum atomic E-state index is 10.6. The molecule has 0 aliphatic carbocycles. The largest absolute Gasteiger partial charge is 0.389 e. The van der Waals surface area contributed by atoms with E-state index in [-0.39, 0.29) is 0 Å². The van der Waals surface area contributed by atoms with Gasteiger partial charge in [0.05, 0.1) is 39.9 Å². The Hall–Kier alpha value is -1.30. The monoisotopic (exact) mass is 409 g/mol. The smallest absolute Gasteiger partial charge is 0.0914 e. The number of fused-ring (bicyclic) bond motifs is 1. The number of aliphatic hydroxyl groups excluding tert-OH is 1. The number of benzene rings is 1. The first-order chi connectivity index (χ1) is 11.3. The van der Waals surface area contributed by atoms with Crippen LogP contribution in [0.5, 0.6) is 0 Å². The summed E-state index contributed by atoms with van der Waals surface area (Å²) in [6, 6.07) is 5.93. The van der Waals surface area contributed by atoms with Gasteiger partial charge in [0.1, 0.15) is 0 Å². The molecule has 2 aromatic heterocycles. The highest BCUT2D eigenvalue weighted by atomic mass is 79.9. The van der Waals surface area contributed by atoms with Crippen molar-refractivity contribution in [3.63, 3.8) is 0 Å². The van der Waals surface area contributed by atoms with Gasteiger partial charge in [-0.3, -0.25) is 4.68 Å². The number of aliphatic hydroxyl groups is 1. The van der Waals surface area contributed by atoms with Crippen molar-refractivity contribution in [1.82, 2.24) is 14.3 Å². The van der Waals surface area contributed by atoms with E-state index in [2.05, 4.69) is 45.5 Å². The fraction of sp³-hybridized carbons (Fsp3) is 0.389. The Morgan fingerprint density at radius 2 is 1.88 bits per heavy atom. The minimum atomic E-state index is -0.556. The molecule has 0 fully saturated rings. The van der Waals surface area contributed by atoms with E-state index in [0.29, 0.717) is 18.1 Å². The number of aromatic nitrogens is 3. The van der Waals surface area contributed by atoms with Crippen molar-refractivity contribution in [1.29, 1.82) is 0 Å². The quantitative estimate of drug-likeness (QED) is 0.686. The van der Waals surface area contributed by atoms with E-state index in [1.807, 2.05) is 30.7 Å². The number of aryl methyl sites for hydroxylation is 2. The van der Waals surface area contributed by atoms with Crippen molar-refractivity contribution >= 4 is 38.4 Å². The molecule has 1 atom stereocenters. The topological polar surface area (TPSA) is 43.0 Å². The molecule has 6 heteroatoms. The second kappa shape index (κ2) is 6.54. The summed E-state index contributed by atoms with van der Waals surface area (Å²) in [6.45, 7) is 9.03. The zero-order valence-electron chi connectivity index (χ0n) is 14.3. The highest BCUT2D eigenvalue weighted by Crippen LogP contribution is 2.31. The first-order valence-electron chi connectivity index (χ1n) is 7.92. The molecule has 2 heterocycles. The van der Waals surface area contributed by atoms with Gasteiger partial charge in [-0.1, -0.05) is 23.7 Å². The molecule has 0 spiro atoms. The molecular weight excluding hydrogens is 390 g/mol. The fourth-order valence-corrected chi connectivity index (χ4v) is 3.77. The Morgan fingerprint density at radius 1 is 1.17 bits per heavy atom. The Balaban J connectivity index is 1.92. The Bertz CT molecular complexity index is 913. The third-order valence-electron chi connectivity index (χ3n) is 4.68. The first kappa shape index (κ1) is 17.5. The van der Waals surface area contributed by atoms with Crippen molar-refractivity contribution in [2.24, 2.45) is 0 Å². The van der Waals surface area contributed by atoms with Crippen LogP contribution in [-0.2, 0) is 13.1 Å². The second-order valence-corrected chi connectivity index (χ2v) is 7.48. The fourth-order valence-electron chi connectivity index (χ4n) is 3.21. The molecule has 1 aromatic carbocycles. The summed E-state index contributed by atoms with van der Waals surface area (Å²) in [5, 5.41) is 17.0. The van der Waals surface area contributed by atoms with Crippen LogP contribution >= 0.6 is 27.5 Å². The lowest BCUT2D eigenvalue weighted by Crippen LogP contribution is -2.24. The van der Waals surface area contributed by atoms with Gasteiger partial charge in [0.2, 0.25) is 0 Å². The summed E-state index contributed by atoms with van der Waals surface area (Å²) >= 11 is 9.94. The Kier molecular flexibility index (Phi) is 4.78. The van der Waals surface area contributed by atoms with Crippen LogP contribution in [0.15, 0.2) is 22.7 Å². The van der Waals surface area contributed by atoms with Gasteiger partial charge in [-0.15, -0.1) is 0 Å². The van der Waals surface area contributed by atoms with Gasteiger partial charge in [-0.05, 0) is 55.3 Å². The molecule has 4 nitrogen and oxygen atoms in total. The molecule has 0 amide bonds. The Labute approximate surface area is 155 Å². The van der Waals surface area contributed by atoms with Gasteiger partial charge in [-0.2, -0.15) is 5.10 Å². The molecule has 128 valence electrons. The van der Waals surface area contributed by atoms with E-state index in [1.165, 1.54) is 5.56 Å². The summed E-state index contributed by atoms with van der Waals surface area (Å²) in [6.07, 6.45) is -0.556. The van der Waals surface area contributed by atoms with Gasteiger partial charge < -0.3 is 9.67 Å². The first-order valence-corrected chi connectivity index (χ1v) is 9.09. The summed E-state index contributed by atoms with van der Waals surface area (Å²) in [5.41, 5.74) is 5.28. The maximum absolute atomic E-state index is 10.6. The third-order valence-corrected chi connectivity index (χ3v) is 6.13. The van der Waals surface area contributed by atoms with Crippen molar-refractivity contribution in [3.05, 3.63) is 50.3 Å². The number of halogens is 2. The van der Waals surface area contributed by atoms with E-state index < -0.39 is 6.10 Å². The Morgan fingerprint density at radius 3 is 2.50 bits per heavy atom. The van der Waals surface area contributed by atoms with Crippen LogP contribution < -0.4 is 0 Å². The van der Waals surface area contributed by atoms with Crippen molar-refractivity contribution < 1.29 is 5.11 Å². The number of hydrogen-bond acceptors (Lipinski definition) is 2. The van der Waals surface area contributed by atoms with Crippen molar-refractivity contribution in [2.45, 2.75) is 46.9 Å². The van der Waals surface area contributed by atoms with E-state index in [1.54, 1.807) is 0 Å². The highest BCUT2D eigenvalue weighted by Gasteiger charge is 2.18. The normalized spacial score (nSPS) is 13.0. The van der Waals surface area contributed by atoms with Crippen LogP contribution in [0.3, 0.4) is 0 Å². The van der Waals surface area contributed by atoms with Crippen LogP contribution in [0.2, 0.25) is 5.02 Å². The molecule has 3 aromatic rings. The number of rotatable bonds is 4. The van der Waals surface area contributed by atoms with E-state index in [9.17, 15) is 5.11 Å². The number of para-hydroxylation sites is 1. The van der Waals surface area contributed by atoms with E-state index in [4.69, 9.17) is 11.6 Å². The molecule has 0 bridgehead atoms. The van der Waals surface area contributed by atoms with Crippen LogP contribution in [-0.4, -0.2) is 25.6 Å². The lowest BCUT2D eigenvalue weighted by atomic mass is 10.2. The molecule has 24 heavy (non-hydrogen) atoms. The van der Waals surface area contributed by atoms with Gasteiger partial charge >= 0.3 is 0 Å². The molecular formula is C18H21BrClN3O. The molecule has 0 aliphatic rings. The van der Waals surface area contributed by atoms with Gasteiger partial charge in [0.25, 0.3) is 0 Å². The van der Waals surface area contributed by atoms with Gasteiger partial charge in [-0.25, -0.2) is 0 Å². The number of hydrogen-bond donors (Lipinski definition) is 1. The minimum absolute atomic E-state index is 0.445. The van der Waals surface area contributed by atoms with Crippen LogP contribution in [0.25, 0.3) is 10.9 Å². The summed E-state index contributed by atoms with van der Waals surface area (Å²) in [5.74, 6) is 0. The molecule has 0 radical (unpaired) electrons. The van der Waals surface area contributed by atoms with Crippen LogP contribution in [0.1, 0.15) is 22.6 Å². The average molecular weight is 411 g/mol. The standard InChI is InChI=1S/C18H21BrClN3O/c1-10-12(3)22(18-15(10)6-5-7-16(18)20)8-14(24)9-23-13(4)17(19)11(2)21-23/h5-7,14,24H,8-9H2,1-4H3/t14-/m1/s1. The van der Waals surface area contributed by atoms with Gasteiger partial charge in [0, 0.05) is 16.8 Å². The zero-order valence-corrected chi connectivity index (χ0v) is 16.6. The van der Waals surface area contributed by atoms with E-state index in [0.717, 1.165) is 32.5 Å². The van der Waals surface area contributed by atoms with Crippen LogP contribution in [0.4, 0.5) is 0 Å². The molecule has 0 saturated heterocycles. The summed E-state index contributed by atoms with van der Waals surface area (Å²) < 4.78 is 4.95. The lowest BCUT2D eigenvalue weighted by Gasteiger charge is -2.16. The van der Waals surface area contributed by atoms with Crippen molar-refractivity contribution in [2.75, 3.05) is 0 Å². The van der Waals surface area contributed by atoms with E-state index >= 15 is 0 Å².